The van der Waals surface area contributed by atoms with Crippen molar-refractivity contribution in [1.29, 1.82) is 0 Å². The number of nitrogens with one attached hydrogen (secondary N) is 4. The summed E-state index contributed by atoms with van der Waals surface area (Å²) in [7, 11) is 0. The largest absolute Gasteiger partial charge is 0.480 e. The summed E-state index contributed by atoms with van der Waals surface area (Å²) >= 11 is 1.46. The summed E-state index contributed by atoms with van der Waals surface area (Å²) in [6, 6.07) is -4.44. The first-order chi connectivity index (χ1) is 14.2. The van der Waals surface area contributed by atoms with E-state index >= 15 is 0 Å². The van der Waals surface area contributed by atoms with E-state index in [1.807, 2.05) is 6.26 Å². The minimum atomic E-state index is -1.22. The molecule has 30 heavy (non-hydrogen) atoms. The molecule has 8 N–H and O–H groups in total. The van der Waals surface area contributed by atoms with Gasteiger partial charge in [0.2, 0.25) is 17.7 Å². The maximum absolute atomic E-state index is 12.8. The minimum Gasteiger partial charge on any atom is -0.480 e. The Hall–Kier alpha value is -2.64. The SMILES string of the molecule is CSCCC(NC(=O)C(N)CO)C(=O)NC(Cc1cnc[nH]1)C(=O)NC(C)C(=O)O. The van der Waals surface area contributed by atoms with Crippen molar-refractivity contribution >= 4 is 35.5 Å². The highest BCUT2D eigenvalue weighted by Crippen LogP contribution is 2.05. The number of carboxylic acids is 1. The van der Waals surface area contributed by atoms with Gasteiger partial charge in [-0.05, 0) is 25.4 Å². The number of H-pyrrole nitrogens is 1. The van der Waals surface area contributed by atoms with E-state index in [-0.39, 0.29) is 12.8 Å². The molecule has 12 nitrogen and oxygen atoms in total. The number of aromatic nitrogens is 2. The van der Waals surface area contributed by atoms with E-state index in [1.54, 1.807) is 0 Å². The quantitative estimate of drug-likeness (QED) is 0.173. The molecule has 0 aliphatic heterocycles. The number of nitrogens with zero attached hydrogens (tertiary/aromatic N) is 1. The summed E-state index contributed by atoms with van der Waals surface area (Å²) in [6.45, 7) is 0.716. The van der Waals surface area contributed by atoms with E-state index < -0.39 is 54.5 Å². The zero-order valence-corrected chi connectivity index (χ0v) is 17.6. The van der Waals surface area contributed by atoms with Crippen LogP contribution in [-0.4, -0.2) is 86.7 Å². The molecule has 4 unspecified atom stereocenters. The number of carboxylic acid groups (broad SMARTS) is 1. The molecule has 0 spiro atoms. The average molecular weight is 445 g/mol. The van der Waals surface area contributed by atoms with Crippen LogP contribution in [0.2, 0.25) is 0 Å². The number of aliphatic carboxylic acids is 1. The fourth-order valence-corrected chi connectivity index (χ4v) is 2.81. The lowest BCUT2D eigenvalue weighted by molar-refractivity contribution is -0.141. The van der Waals surface area contributed by atoms with Crippen molar-refractivity contribution in [3.63, 3.8) is 0 Å². The van der Waals surface area contributed by atoms with Crippen molar-refractivity contribution in [2.45, 2.75) is 43.9 Å². The van der Waals surface area contributed by atoms with Crippen LogP contribution in [-0.2, 0) is 25.6 Å². The van der Waals surface area contributed by atoms with Gasteiger partial charge in [0.25, 0.3) is 0 Å². The molecule has 0 bridgehead atoms. The van der Waals surface area contributed by atoms with Gasteiger partial charge in [-0.15, -0.1) is 0 Å². The van der Waals surface area contributed by atoms with Gasteiger partial charge in [0.05, 0.1) is 12.9 Å². The van der Waals surface area contributed by atoms with Crippen LogP contribution in [0, 0.1) is 0 Å². The highest BCUT2D eigenvalue weighted by Gasteiger charge is 2.29. The Morgan fingerprint density at radius 2 is 1.80 bits per heavy atom. The van der Waals surface area contributed by atoms with Gasteiger partial charge in [-0.3, -0.25) is 19.2 Å². The Morgan fingerprint density at radius 3 is 2.33 bits per heavy atom. The number of aromatic amines is 1. The second kappa shape index (κ2) is 12.8. The molecule has 4 atom stereocenters. The van der Waals surface area contributed by atoms with Gasteiger partial charge in [-0.25, -0.2) is 4.98 Å². The molecule has 0 aliphatic carbocycles. The summed E-state index contributed by atoms with van der Waals surface area (Å²) in [5, 5.41) is 25.4. The third-order valence-electron chi connectivity index (χ3n) is 4.12. The van der Waals surface area contributed by atoms with Gasteiger partial charge >= 0.3 is 5.97 Å². The first-order valence-electron chi connectivity index (χ1n) is 9.16. The maximum atomic E-state index is 12.8. The van der Waals surface area contributed by atoms with Crippen LogP contribution in [0.3, 0.4) is 0 Å². The highest BCUT2D eigenvalue weighted by molar-refractivity contribution is 7.98. The molecule has 3 amide bonds. The molecule has 0 fully saturated rings. The highest BCUT2D eigenvalue weighted by atomic mass is 32.2. The van der Waals surface area contributed by atoms with Crippen LogP contribution in [0.25, 0.3) is 0 Å². The number of thioether (sulfide) groups is 1. The number of nitrogens with two attached hydrogens (primary N) is 1. The van der Waals surface area contributed by atoms with Gasteiger partial charge in [0.15, 0.2) is 0 Å². The topological polar surface area (TPSA) is 200 Å². The summed E-state index contributed by atoms with van der Waals surface area (Å²) in [4.78, 5) is 55.1. The fraction of sp³-hybridized carbons (Fsp3) is 0.588. The van der Waals surface area contributed by atoms with E-state index in [0.29, 0.717) is 11.4 Å². The number of aliphatic hydroxyl groups excluding tert-OH is 1. The first kappa shape index (κ1) is 25.4. The number of hydrogen-bond donors (Lipinski definition) is 7. The molecule has 0 aromatic carbocycles. The molecule has 1 aromatic rings. The molecule has 0 aliphatic rings. The standard InChI is InChI=1S/C17H28N6O6S/c1-9(17(28)29)21-16(27)13(5-10-6-19-8-20-10)23-15(26)12(3-4-30-2)22-14(25)11(18)7-24/h6,8-9,11-13,24H,3-5,7,18H2,1-2H3,(H,19,20)(H,21,27)(H,22,25)(H,23,26)(H,28,29). The van der Waals surface area contributed by atoms with Gasteiger partial charge < -0.3 is 36.9 Å². The molecule has 0 radical (unpaired) electrons. The van der Waals surface area contributed by atoms with Gasteiger partial charge in [-0.2, -0.15) is 11.8 Å². The van der Waals surface area contributed by atoms with Crippen LogP contribution in [0.1, 0.15) is 19.0 Å². The Morgan fingerprint density at radius 1 is 1.17 bits per heavy atom. The van der Waals surface area contributed by atoms with E-state index in [1.165, 1.54) is 31.2 Å². The lowest BCUT2D eigenvalue weighted by Gasteiger charge is -2.24. The van der Waals surface area contributed by atoms with Crippen molar-refractivity contribution in [2.75, 3.05) is 18.6 Å². The van der Waals surface area contributed by atoms with Crippen LogP contribution < -0.4 is 21.7 Å². The molecule has 1 rings (SSSR count). The van der Waals surface area contributed by atoms with Gasteiger partial charge in [0.1, 0.15) is 24.2 Å². The molecule has 1 heterocycles. The molecule has 168 valence electrons. The predicted octanol–water partition coefficient (Wildman–Crippen LogP) is -2.42. The van der Waals surface area contributed by atoms with Crippen molar-refractivity contribution in [3.8, 4) is 0 Å². The zero-order valence-electron chi connectivity index (χ0n) is 16.8. The zero-order chi connectivity index (χ0) is 22.7. The Labute approximate surface area is 177 Å². The van der Waals surface area contributed by atoms with Crippen molar-refractivity contribution in [3.05, 3.63) is 18.2 Å². The Kier molecular flexibility index (Phi) is 10.9. The smallest absolute Gasteiger partial charge is 0.325 e. The van der Waals surface area contributed by atoms with E-state index in [4.69, 9.17) is 15.9 Å². The molecule has 0 saturated carbocycles. The average Bonchev–Trinajstić information content (AvgIpc) is 3.22. The molecule has 0 saturated heterocycles. The molecular weight excluding hydrogens is 416 g/mol. The second-order valence-corrected chi connectivity index (χ2v) is 7.53. The van der Waals surface area contributed by atoms with Crippen LogP contribution >= 0.6 is 11.8 Å². The molecule has 13 heteroatoms. The van der Waals surface area contributed by atoms with E-state index in [9.17, 15) is 19.2 Å². The lowest BCUT2D eigenvalue weighted by atomic mass is 10.1. The fourth-order valence-electron chi connectivity index (χ4n) is 2.34. The normalized spacial score (nSPS) is 14.8. The number of hydrogen-bond acceptors (Lipinski definition) is 8. The number of carbonyl (C=O) groups excluding carboxylic acids is 3. The van der Waals surface area contributed by atoms with Crippen LogP contribution in [0.5, 0.6) is 0 Å². The lowest BCUT2D eigenvalue weighted by Crippen LogP contribution is -2.57. The monoisotopic (exact) mass is 444 g/mol. The number of carbonyl (C=O) groups is 4. The first-order valence-corrected chi connectivity index (χ1v) is 10.6. The number of rotatable bonds is 13. The molecule has 1 aromatic heterocycles. The predicted molar refractivity (Wildman–Crippen MR) is 109 cm³/mol. The van der Waals surface area contributed by atoms with Crippen LogP contribution in [0.15, 0.2) is 12.5 Å². The minimum absolute atomic E-state index is 0.0310. The van der Waals surface area contributed by atoms with Gasteiger partial charge in [0, 0.05) is 18.3 Å². The summed E-state index contributed by atoms with van der Waals surface area (Å²) in [6.07, 6.45) is 5.01. The van der Waals surface area contributed by atoms with E-state index in [2.05, 4.69) is 25.9 Å². The summed E-state index contributed by atoms with van der Waals surface area (Å²) < 4.78 is 0. The molecular formula is C17H28N6O6S. The second-order valence-electron chi connectivity index (χ2n) is 6.54. The van der Waals surface area contributed by atoms with Gasteiger partial charge in [-0.1, -0.05) is 0 Å². The van der Waals surface area contributed by atoms with Crippen molar-refractivity contribution in [1.82, 2.24) is 25.9 Å². The van der Waals surface area contributed by atoms with Crippen molar-refractivity contribution in [2.24, 2.45) is 5.73 Å². The summed E-state index contributed by atoms with van der Waals surface area (Å²) in [5.41, 5.74) is 6.03. The summed E-state index contributed by atoms with van der Waals surface area (Å²) in [5.74, 6) is -2.72. The number of aliphatic hydroxyl groups is 1. The number of imidazole rings is 1. The third kappa shape index (κ3) is 8.39. The maximum Gasteiger partial charge on any atom is 0.325 e. The number of amides is 3. The van der Waals surface area contributed by atoms with Crippen molar-refractivity contribution < 1.29 is 29.4 Å². The Bertz CT molecular complexity index is 716. The Balaban J connectivity index is 2.95. The van der Waals surface area contributed by atoms with Crippen LogP contribution in [0.4, 0.5) is 0 Å². The third-order valence-corrected chi connectivity index (χ3v) is 4.76. The van der Waals surface area contributed by atoms with E-state index in [0.717, 1.165) is 0 Å².